The second-order valence-electron chi connectivity index (χ2n) is 8.55. The summed E-state index contributed by atoms with van der Waals surface area (Å²) < 4.78 is 20.8. The molecule has 34 heavy (non-hydrogen) atoms. The summed E-state index contributed by atoms with van der Waals surface area (Å²) >= 11 is 1.23. The maximum Gasteiger partial charge on any atom is 0.327 e. The van der Waals surface area contributed by atoms with Crippen molar-refractivity contribution >= 4 is 34.7 Å². The molecule has 2 unspecified atom stereocenters. The molecular formula is C24H27FN4O4S. The number of hydrogen-bond acceptors (Lipinski definition) is 8. The standard InChI is InChI=1S/C24H27FN4O4S/c1-15(30)34-20-9-10-28(12-17(20)11-21-26-14-29(27-21)13-22(31)33-2)23(24(32)16-7-8-16)18-5-3-4-6-19(18)25/h3-6,11,14,16,20,23H,7-10,12-13H2,1-2H3. The van der Waals surface area contributed by atoms with Crippen LogP contribution in [-0.4, -0.2) is 62.0 Å². The van der Waals surface area contributed by atoms with Gasteiger partial charge in [-0.2, -0.15) is 5.10 Å². The molecule has 8 nitrogen and oxygen atoms in total. The molecular weight excluding hydrogens is 459 g/mol. The minimum atomic E-state index is -0.676. The number of hydrogen-bond donors (Lipinski definition) is 0. The van der Waals surface area contributed by atoms with Gasteiger partial charge in [-0.15, -0.1) is 0 Å². The highest BCUT2D eigenvalue weighted by Gasteiger charge is 2.41. The fraction of sp³-hybridized carbons (Fsp3) is 0.458. The van der Waals surface area contributed by atoms with E-state index >= 15 is 0 Å². The Bertz CT molecular complexity index is 1110. The number of carbonyl (C=O) groups excluding carboxylic acids is 3. The monoisotopic (exact) mass is 486 g/mol. The minimum Gasteiger partial charge on any atom is -0.468 e. The fourth-order valence-corrected chi connectivity index (χ4v) is 5.13. The number of ketones is 1. The predicted octanol–water partition coefficient (Wildman–Crippen LogP) is 3.05. The highest BCUT2D eigenvalue weighted by molar-refractivity contribution is 8.14. The number of Topliss-reactive ketones (excluding diaryl/α,β-unsaturated/α-hetero) is 1. The molecule has 0 bridgehead atoms. The van der Waals surface area contributed by atoms with E-state index in [9.17, 15) is 18.8 Å². The summed E-state index contributed by atoms with van der Waals surface area (Å²) in [6, 6.07) is 5.75. The Hall–Kier alpha value is -2.85. The lowest BCUT2D eigenvalue weighted by Gasteiger charge is -2.38. The maximum atomic E-state index is 14.8. The van der Waals surface area contributed by atoms with Gasteiger partial charge in [0.05, 0.1) is 13.2 Å². The van der Waals surface area contributed by atoms with E-state index in [0.29, 0.717) is 30.9 Å². The maximum absolute atomic E-state index is 14.8. The summed E-state index contributed by atoms with van der Waals surface area (Å²) in [7, 11) is 1.30. The van der Waals surface area contributed by atoms with Gasteiger partial charge in [0.2, 0.25) is 0 Å². The zero-order valence-electron chi connectivity index (χ0n) is 19.1. The van der Waals surface area contributed by atoms with Gasteiger partial charge in [-0.1, -0.05) is 30.0 Å². The number of likely N-dealkylation sites (tertiary alicyclic amines) is 1. The van der Waals surface area contributed by atoms with Crippen molar-refractivity contribution in [1.82, 2.24) is 19.7 Å². The lowest BCUT2D eigenvalue weighted by atomic mass is 9.93. The number of esters is 1. The van der Waals surface area contributed by atoms with E-state index in [0.717, 1.165) is 18.4 Å². The largest absolute Gasteiger partial charge is 0.468 e. The van der Waals surface area contributed by atoms with Gasteiger partial charge in [0.1, 0.15) is 18.7 Å². The first-order valence-electron chi connectivity index (χ1n) is 11.2. The highest BCUT2D eigenvalue weighted by atomic mass is 32.2. The third-order valence-electron chi connectivity index (χ3n) is 5.99. The molecule has 0 N–H and O–H groups in total. The van der Waals surface area contributed by atoms with Crippen LogP contribution < -0.4 is 0 Å². The predicted molar refractivity (Wildman–Crippen MR) is 125 cm³/mol. The smallest absolute Gasteiger partial charge is 0.327 e. The van der Waals surface area contributed by atoms with Gasteiger partial charge in [-0.3, -0.25) is 19.3 Å². The van der Waals surface area contributed by atoms with Gasteiger partial charge in [0.25, 0.3) is 0 Å². The quantitative estimate of drug-likeness (QED) is 0.526. The van der Waals surface area contributed by atoms with Crippen molar-refractivity contribution in [2.24, 2.45) is 5.92 Å². The van der Waals surface area contributed by atoms with Crippen molar-refractivity contribution in [1.29, 1.82) is 0 Å². The number of methoxy groups -OCH3 is 1. The summed E-state index contributed by atoms with van der Waals surface area (Å²) in [4.78, 5) is 42.9. The van der Waals surface area contributed by atoms with Crippen LogP contribution in [-0.2, 0) is 25.7 Å². The fourth-order valence-electron chi connectivity index (χ4n) is 4.21. The van der Waals surface area contributed by atoms with E-state index in [1.54, 1.807) is 24.3 Å². The molecule has 2 fully saturated rings. The molecule has 10 heteroatoms. The Morgan fingerprint density at radius 2 is 2.03 bits per heavy atom. The zero-order valence-corrected chi connectivity index (χ0v) is 20.0. The van der Waals surface area contributed by atoms with Gasteiger partial charge in [0, 0.05) is 36.7 Å². The Balaban J connectivity index is 1.63. The summed E-state index contributed by atoms with van der Waals surface area (Å²) in [6.07, 6.45) is 5.54. The molecule has 1 aliphatic heterocycles. The van der Waals surface area contributed by atoms with Crippen molar-refractivity contribution in [3.8, 4) is 0 Å². The summed E-state index contributed by atoms with van der Waals surface area (Å²) in [5.41, 5.74) is 1.27. The molecule has 2 atom stereocenters. The number of benzene rings is 1. The van der Waals surface area contributed by atoms with Gasteiger partial charge in [0.15, 0.2) is 16.7 Å². The highest BCUT2D eigenvalue weighted by Crippen LogP contribution is 2.40. The van der Waals surface area contributed by atoms with Gasteiger partial charge < -0.3 is 4.74 Å². The number of nitrogens with zero attached hydrogens (tertiary/aromatic N) is 4. The van der Waals surface area contributed by atoms with Crippen molar-refractivity contribution in [3.05, 3.63) is 53.4 Å². The van der Waals surface area contributed by atoms with E-state index in [1.807, 2.05) is 4.90 Å². The molecule has 2 aliphatic rings. The number of carbonyl (C=O) groups is 3. The van der Waals surface area contributed by atoms with Crippen molar-refractivity contribution in [3.63, 3.8) is 0 Å². The third kappa shape index (κ3) is 5.79. The van der Waals surface area contributed by atoms with Crippen molar-refractivity contribution < 1.29 is 23.5 Å². The molecule has 0 amide bonds. The molecule has 2 aromatic rings. The van der Waals surface area contributed by atoms with E-state index in [2.05, 4.69) is 14.8 Å². The number of piperidine rings is 1. The Morgan fingerprint density at radius 1 is 1.26 bits per heavy atom. The lowest BCUT2D eigenvalue weighted by molar-refractivity contribution is -0.141. The van der Waals surface area contributed by atoms with E-state index in [-0.39, 0.29) is 28.6 Å². The molecule has 2 heterocycles. The summed E-state index contributed by atoms with van der Waals surface area (Å²) in [5, 5.41) is 4.21. The number of rotatable bonds is 8. The zero-order chi connectivity index (χ0) is 24.2. The Morgan fingerprint density at radius 3 is 2.71 bits per heavy atom. The van der Waals surface area contributed by atoms with Gasteiger partial charge in [-0.05, 0) is 37.0 Å². The SMILES string of the molecule is COC(=O)Cn1cnc(C=C2CN(C(C(=O)C3CC3)c3ccccc3F)CCC2SC(C)=O)n1. The van der Waals surface area contributed by atoms with Crippen molar-refractivity contribution in [2.75, 3.05) is 20.2 Å². The molecule has 1 saturated carbocycles. The van der Waals surface area contributed by atoms with Gasteiger partial charge in [-0.25, -0.2) is 14.1 Å². The third-order valence-corrected chi connectivity index (χ3v) is 7.14. The molecule has 4 rings (SSSR count). The van der Waals surface area contributed by atoms with Crippen LogP contribution in [0.25, 0.3) is 6.08 Å². The topological polar surface area (TPSA) is 94.4 Å². The van der Waals surface area contributed by atoms with Crippen molar-refractivity contribution in [2.45, 2.75) is 44.0 Å². The second kappa shape index (κ2) is 10.6. The Kier molecular flexibility index (Phi) is 7.57. The Labute approximate surface area is 201 Å². The van der Waals surface area contributed by atoms with Crippen LogP contribution in [0.4, 0.5) is 4.39 Å². The van der Waals surface area contributed by atoms with Crippen LogP contribution in [0, 0.1) is 11.7 Å². The van der Waals surface area contributed by atoms with E-state index in [1.165, 1.54) is 42.9 Å². The van der Waals surface area contributed by atoms with Crippen LogP contribution >= 0.6 is 11.8 Å². The number of thioether (sulfide) groups is 1. The first-order chi connectivity index (χ1) is 16.4. The van der Waals surface area contributed by atoms with Gasteiger partial charge >= 0.3 is 5.97 Å². The van der Waals surface area contributed by atoms with E-state index < -0.39 is 17.8 Å². The number of halogens is 1. The molecule has 1 saturated heterocycles. The summed E-state index contributed by atoms with van der Waals surface area (Å²) in [6.45, 7) is 2.41. The number of aromatic nitrogens is 3. The molecule has 0 spiro atoms. The molecule has 0 radical (unpaired) electrons. The van der Waals surface area contributed by atoms with Crippen LogP contribution in [0.5, 0.6) is 0 Å². The first-order valence-corrected chi connectivity index (χ1v) is 12.1. The average Bonchev–Trinajstić information content (AvgIpc) is 3.57. The normalized spacial score (nSPS) is 20.8. The molecule has 180 valence electrons. The first kappa shape index (κ1) is 24.3. The second-order valence-corrected chi connectivity index (χ2v) is 9.93. The molecule has 1 aliphatic carbocycles. The molecule has 1 aromatic carbocycles. The minimum absolute atomic E-state index is 0.00626. The van der Waals surface area contributed by atoms with Crippen LogP contribution in [0.1, 0.15) is 43.6 Å². The van der Waals surface area contributed by atoms with E-state index in [4.69, 9.17) is 0 Å². The summed E-state index contributed by atoms with van der Waals surface area (Å²) in [5.74, 6) is -0.426. The molecule has 1 aromatic heterocycles. The lowest BCUT2D eigenvalue weighted by Crippen LogP contribution is -2.43. The average molecular weight is 487 g/mol. The number of ether oxygens (including phenoxy) is 1. The van der Waals surface area contributed by atoms with Crippen LogP contribution in [0.2, 0.25) is 0 Å². The van der Waals surface area contributed by atoms with Crippen LogP contribution in [0.3, 0.4) is 0 Å². The van der Waals surface area contributed by atoms with Crippen LogP contribution in [0.15, 0.2) is 36.2 Å².